The second-order valence-electron chi connectivity index (χ2n) is 7.40. The van der Waals surface area contributed by atoms with Crippen LogP contribution in [0.1, 0.15) is 42.1 Å². The van der Waals surface area contributed by atoms with Crippen molar-refractivity contribution in [3.05, 3.63) is 50.2 Å². The Hall–Kier alpha value is -0.980. The lowest BCUT2D eigenvalue weighted by molar-refractivity contribution is 0.530. The maximum atomic E-state index is 14.4. The van der Waals surface area contributed by atoms with E-state index >= 15 is 0 Å². The van der Waals surface area contributed by atoms with Gasteiger partial charge in [-0.05, 0) is 55.2 Å². The van der Waals surface area contributed by atoms with Gasteiger partial charge in [-0.3, -0.25) is 0 Å². The van der Waals surface area contributed by atoms with E-state index in [1.165, 1.54) is 24.2 Å². The average molecular weight is 408 g/mol. The molecular formula is C18H19BrFN3S. The number of rotatable bonds is 5. The van der Waals surface area contributed by atoms with E-state index in [1.54, 1.807) is 12.1 Å². The predicted molar refractivity (Wildman–Crippen MR) is 97.5 cm³/mol. The fourth-order valence-corrected chi connectivity index (χ4v) is 5.00. The van der Waals surface area contributed by atoms with Crippen molar-refractivity contribution in [2.75, 3.05) is 6.54 Å². The molecule has 24 heavy (non-hydrogen) atoms. The summed E-state index contributed by atoms with van der Waals surface area (Å²) < 4.78 is 18.4. The Morgan fingerprint density at radius 1 is 1.42 bits per heavy atom. The first-order chi connectivity index (χ1) is 11.6. The summed E-state index contributed by atoms with van der Waals surface area (Å²) >= 11 is 9.02. The Labute approximate surface area is 153 Å². The van der Waals surface area contributed by atoms with Crippen molar-refractivity contribution in [3.8, 4) is 0 Å². The summed E-state index contributed by atoms with van der Waals surface area (Å²) in [5.41, 5.74) is 3.30. The van der Waals surface area contributed by atoms with Crippen LogP contribution in [0.5, 0.6) is 0 Å². The number of H-pyrrole nitrogens is 1. The first kappa shape index (κ1) is 15.3. The molecule has 6 heteroatoms. The minimum absolute atomic E-state index is 0.0927. The van der Waals surface area contributed by atoms with Crippen LogP contribution in [0.25, 0.3) is 0 Å². The van der Waals surface area contributed by atoms with E-state index in [0.29, 0.717) is 5.92 Å². The molecule has 2 N–H and O–H groups in total. The third-order valence-electron chi connectivity index (χ3n) is 5.80. The van der Waals surface area contributed by atoms with Gasteiger partial charge in [-0.15, -0.1) is 0 Å². The molecule has 1 aliphatic heterocycles. The molecule has 0 spiro atoms. The highest BCUT2D eigenvalue weighted by Crippen LogP contribution is 2.66. The van der Waals surface area contributed by atoms with Crippen molar-refractivity contribution in [1.29, 1.82) is 0 Å². The summed E-state index contributed by atoms with van der Waals surface area (Å²) in [4.78, 5) is 3.40. The number of nitrogens with one attached hydrogen (secondary N) is 2. The average Bonchev–Trinajstić information content (AvgIpc) is 3.45. The molecule has 2 saturated carbocycles. The summed E-state index contributed by atoms with van der Waals surface area (Å²) in [6.45, 7) is 1.78. The number of hydrogen-bond acceptors (Lipinski definition) is 2. The number of halogens is 2. The molecule has 0 amide bonds. The molecule has 2 fully saturated rings. The lowest BCUT2D eigenvalue weighted by Crippen LogP contribution is -2.19. The monoisotopic (exact) mass is 407 g/mol. The summed E-state index contributed by atoms with van der Waals surface area (Å²) in [6, 6.07) is 6.00. The summed E-state index contributed by atoms with van der Waals surface area (Å²) in [5.74, 6) is 0.295. The number of hydrogen-bond donors (Lipinski definition) is 2. The quantitative estimate of drug-likeness (QED) is 0.728. The van der Waals surface area contributed by atoms with Crippen LogP contribution in [-0.2, 0) is 18.4 Å². The van der Waals surface area contributed by atoms with E-state index in [2.05, 4.69) is 30.8 Å². The Balaban J connectivity index is 1.45. The first-order valence-corrected chi connectivity index (χ1v) is 9.79. The molecular weight excluding hydrogens is 389 g/mol. The number of fused-ring (bicyclic) bond motifs is 3. The number of aromatic nitrogens is 2. The standard InChI is InChI=1S/C18H19BrFN3S/c19-10-1-4-14(20)12(7-10)18-8-13(18)16-15(5-6-21-11-2-3-11)22-17(24)23(16)9-18/h1,4,7,11,13,21H,2-3,5-6,8-9H2,(H,22,24)/t13-,18+/m0/s1. The molecule has 2 aromatic rings. The van der Waals surface area contributed by atoms with Crippen LogP contribution < -0.4 is 5.32 Å². The topological polar surface area (TPSA) is 32.8 Å². The smallest absolute Gasteiger partial charge is 0.177 e. The highest BCUT2D eigenvalue weighted by atomic mass is 79.9. The van der Waals surface area contributed by atoms with Crippen molar-refractivity contribution in [2.45, 2.75) is 49.6 Å². The maximum Gasteiger partial charge on any atom is 0.177 e. The number of benzene rings is 1. The normalized spacial score (nSPS) is 27.2. The number of aromatic amines is 1. The summed E-state index contributed by atoms with van der Waals surface area (Å²) in [7, 11) is 0. The van der Waals surface area contributed by atoms with Gasteiger partial charge in [0.2, 0.25) is 0 Å². The summed E-state index contributed by atoms with van der Waals surface area (Å²) in [6.07, 6.45) is 4.60. The van der Waals surface area contributed by atoms with Gasteiger partial charge in [-0.1, -0.05) is 15.9 Å². The fraction of sp³-hybridized carbons (Fsp3) is 0.500. The van der Waals surface area contributed by atoms with Crippen LogP contribution >= 0.6 is 28.1 Å². The van der Waals surface area contributed by atoms with E-state index in [0.717, 1.165) is 46.8 Å². The van der Waals surface area contributed by atoms with Gasteiger partial charge >= 0.3 is 0 Å². The SMILES string of the molecule is Fc1ccc(Br)cc1[C@]12C[C@H]1c1c(CCNC3CC3)[nH]c(=S)n1C2. The Morgan fingerprint density at radius 2 is 2.25 bits per heavy atom. The van der Waals surface area contributed by atoms with Crippen LogP contribution in [0.15, 0.2) is 22.7 Å². The molecule has 1 aromatic carbocycles. The molecule has 0 unspecified atom stereocenters. The molecule has 0 saturated heterocycles. The van der Waals surface area contributed by atoms with Gasteiger partial charge in [-0.25, -0.2) is 4.39 Å². The van der Waals surface area contributed by atoms with E-state index in [1.807, 2.05) is 6.07 Å². The first-order valence-electron chi connectivity index (χ1n) is 8.59. The van der Waals surface area contributed by atoms with Crippen LogP contribution in [0, 0.1) is 10.6 Å². The predicted octanol–water partition coefficient (Wildman–Crippen LogP) is 4.18. The lowest BCUT2D eigenvalue weighted by Gasteiger charge is -2.14. The number of nitrogens with zero attached hydrogens (tertiary/aromatic N) is 1. The van der Waals surface area contributed by atoms with Crippen molar-refractivity contribution in [1.82, 2.24) is 14.9 Å². The molecule has 3 aliphatic rings. The maximum absolute atomic E-state index is 14.4. The summed E-state index contributed by atoms with van der Waals surface area (Å²) in [5, 5.41) is 3.56. The van der Waals surface area contributed by atoms with Gasteiger partial charge in [0.1, 0.15) is 5.82 Å². The van der Waals surface area contributed by atoms with Gasteiger partial charge in [0, 0.05) is 52.7 Å². The highest BCUT2D eigenvalue weighted by molar-refractivity contribution is 9.10. The van der Waals surface area contributed by atoms with Gasteiger partial charge < -0.3 is 14.9 Å². The van der Waals surface area contributed by atoms with Crippen LogP contribution in [0.2, 0.25) is 0 Å². The highest BCUT2D eigenvalue weighted by Gasteiger charge is 2.63. The van der Waals surface area contributed by atoms with Crippen LogP contribution in [-0.4, -0.2) is 22.1 Å². The van der Waals surface area contributed by atoms with Crippen LogP contribution in [0.3, 0.4) is 0 Å². The molecule has 2 aliphatic carbocycles. The molecule has 0 radical (unpaired) electrons. The minimum Gasteiger partial charge on any atom is -0.334 e. The zero-order chi connectivity index (χ0) is 16.5. The van der Waals surface area contributed by atoms with Gasteiger partial charge in [0.05, 0.1) is 0 Å². The van der Waals surface area contributed by atoms with Crippen LogP contribution in [0.4, 0.5) is 4.39 Å². The Kier molecular flexibility index (Phi) is 3.35. The van der Waals surface area contributed by atoms with E-state index < -0.39 is 0 Å². The van der Waals surface area contributed by atoms with Crippen molar-refractivity contribution in [3.63, 3.8) is 0 Å². The van der Waals surface area contributed by atoms with Crippen molar-refractivity contribution < 1.29 is 4.39 Å². The fourth-order valence-electron chi connectivity index (χ4n) is 4.35. The second-order valence-corrected chi connectivity index (χ2v) is 8.70. The van der Waals surface area contributed by atoms with Gasteiger partial charge in [0.15, 0.2) is 4.77 Å². The molecule has 1 aromatic heterocycles. The molecule has 0 bridgehead atoms. The third-order valence-corrected chi connectivity index (χ3v) is 6.61. The second kappa shape index (κ2) is 5.26. The Morgan fingerprint density at radius 3 is 3.04 bits per heavy atom. The van der Waals surface area contributed by atoms with Crippen molar-refractivity contribution in [2.24, 2.45) is 0 Å². The Bertz CT molecular complexity index is 885. The van der Waals surface area contributed by atoms with Gasteiger partial charge in [0.25, 0.3) is 0 Å². The number of imidazole rings is 1. The van der Waals surface area contributed by atoms with E-state index in [9.17, 15) is 4.39 Å². The van der Waals surface area contributed by atoms with Gasteiger partial charge in [-0.2, -0.15) is 0 Å². The lowest BCUT2D eigenvalue weighted by atomic mass is 9.93. The molecule has 3 nitrogen and oxygen atoms in total. The molecule has 5 rings (SSSR count). The molecule has 126 valence electrons. The molecule has 2 atom stereocenters. The van der Waals surface area contributed by atoms with Crippen molar-refractivity contribution >= 4 is 28.1 Å². The largest absolute Gasteiger partial charge is 0.334 e. The third kappa shape index (κ3) is 2.26. The molecule has 2 heterocycles. The zero-order valence-corrected chi connectivity index (χ0v) is 15.6. The van der Waals surface area contributed by atoms with E-state index in [-0.39, 0.29) is 11.2 Å². The van der Waals surface area contributed by atoms with E-state index in [4.69, 9.17) is 12.2 Å². The minimum atomic E-state index is -0.0988. The zero-order valence-electron chi connectivity index (χ0n) is 13.2.